The zero-order valence-corrected chi connectivity index (χ0v) is 13.9. The quantitative estimate of drug-likeness (QED) is 0.875. The first-order valence-electron chi connectivity index (χ1n) is 7.94. The molecule has 1 fully saturated rings. The second-order valence-electron chi connectivity index (χ2n) is 6.18. The van der Waals surface area contributed by atoms with E-state index >= 15 is 0 Å². The lowest BCUT2D eigenvalue weighted by Gasteiger charge is -2.38. The number of alkyl halides is 3. The number of fused-ring (bicyclic) bond motifs is 1. The molecule has 0 spiro atoms. The number of aliphatic hydroxyl groups is 1. The largest absolute Gasteiger partial charge is 0.439 e. The molecule has 5 nitrogen and oxygen atoms in total. The average Bonchev–Trinajstić information content (AvgIpc) is 3.19. The van der Waals surface area contributed by atoms with E-state index in [2.05, 4.69) is 15.1 Å². The van der Waals surface area contributed by atoms with Gasteiger partial charge < -0.3 is 5.11 Å². The van der Waals surface area contributed by atoms with Gasteiger partial charge in [0, 0.05) is 29.0 Å². The Morgan fingerprint density at radius 3 is 2.72 bits per heavy atom. The third-order valence-electron chi connectivity index (χ3n) is 4.68. The van der Waals surface area contributed by atoms with Crippen LogP contribution in [0.3, 0.4) is 0 Å². The van der Waals surface area contributed by atoms with E-state index < -0.39 is 17.8 Å². The van der Waals surface area contributed by atoms with Gasteiger partial charge in [-0.25, -0.2) is 4.98 Å². The van der Waals surface area contributed by atoms with E-state index in [1.807, 2.05) is 0 Å². The normalized spacial score (nSPS) is 26.5. The van der Waals surface area contributed by atoms with E-state index in [1.165, 1.54) is 0 Å². The molecule has 0 bridgehead atoms. The van der Waals surface area contributed by atoms with Crippen LogP contribution in [0.4, 0.5) is 18.3 Å². The summed E-state index contributed by atoms with van der Waals surface area (Å²) >= 11 is 1.03. The molecule has 0 saturated heterocycles. The molecule has 2 aromatic heterocycles. The summed E-state index contributed by atoms with van der Waals surface area (Å²) < 4.78 is 41.4. The zero-order valence-electron chi connectivity index (χ0n) is 13.1. The van der Waals surface area contributed by atoms with Gasteiger partial charge in [0.2, 0.25) is 5.13 Å². The predicted molar refractivity (Wildman–Crippen MR) is 88.2 cm³/mol. The summed E-state index contributed by atoms with van der Waals surface area (Å²) in [6, 6.07) is 3.45. The van der Waals surface area contributed by atoms with Crippen molar-refractivity contribution in [2.45, 2.75) is 37.6 Å². The molecule has 1 aliphatic carbocycles. The Hall–Kier alpha value is -2.00. The zero-order chi connectivity index (χ0) is 17.7. The number of hydrazone groups is 1. The van der Waals surface area contributed by atoms with Crippen LogP contribution >= 0.6 is 11.3 Å². The van der Waals surface area contributed by atoms with Gasteiger partial charge in [0.15, 0.2) is 0 Å². The summed E-state index contributed by atoms with van der Waals surface area (Å²) in [5.74, 6) is -1.03. The summed E-state index contributed by atoms with van der Waals surface area (Å²) in [6.07, 6.45) is 0.530. The lowest BCUT2D eigenvalue weighted by atomic mass is 9.80. The van der Waals surface area contributed by atoms with E-state index in [0.717, 1.165) is 23.3 Å². The van der Waals surface area contributed by atoms with Gasteiger partial charge in [0.25, 0.3) is 5.72 Å². The molecule has 3 heterocycles. The van der Waals surface area contributed by atoms with Crippen molar-refractivity contribution < 1.29 is 18.3 Å². The van der Waals surface area contributed by atoms with Crippen LogP contribution in [0, 0.1) is 5.92 Å². The Morgan fingerprint density at radius 1 is 1.24 bits per heavy atom. The minimum atomic E-state index is -4.83. The third-order valence-corrected chi connectivity index (χ3v) is 5.50. The van der Waals surface area contributed by atoms with Crippen molar-refractivity contribution >= 4 is 22.2 Å². The molecule has 132 valence electrons. The van der Waals surface area contributed by atoms with Gasteiger partial charge in [-0.3, -0.25) is 4.98 Å². The molecule has 25 heavy (non-hydrogen) atoms. The van der Waals surface area contributed by atoms with Gasteiger partial charge in [-0.2, -0.15) is 23.3 Å². The number of hydrogen-bond acceptors (Lipinski definition) is 6. The van der Waals surface area contributed by atoms with E-state index in [0.29, 0.717) is 29.3 Å². The van der Waals surface area contributed by atoms with Crippen molar-refractivity contribution in [1.29, 1.82) is 0 Å². The summed E-state index contributed by atoms with van der Waals surface area (Å²) in [4.78, 5) is 8.19. The third kappa shape index (κ3) is 2.53. The van der Waals surface area contributed by atoms with Gasteiger partial charge in [0.05, 0.1) is 11.6 Å². The fourth-order valence-corrected chi connectivity index (χ4v) is 4.26. The topological polar surface area (TPSA) is 61.6 Å². The van der Waals surface area contributed by atoms with Crippen molar-refractivity contribution in [3.8, 4) is 11.3 Å². The molecule has 0 aromatic carbocycles. The van der Waals surface area contributed by atoms with Crippen LogP contribution in [-0.2, 0) is 0 Å². The number of pyridine rings is 1. The SMILES string of the molecule is O[C@]1(C(F)(F)F)[C@@H]2CCCCC2=NN1c1nc(-c2ccncc2)cs1. The first-order valence-corrected chi connectivity index (χ1v) is 8.82. The molecule has 2 atom stereocenters. The highest BCUT2D eigenvalue weighted by Gasteiger charge is 2.67. The highest BCUT2D eigenvalue weighted by molar-refractivity contribution is 7.14. The first-order chi connectivity index (χ1) is 11.9. The minimum Gasteiger partial charge on any atom is -0.362 e. The van der Waals surface area contributed by atoms with E-state index in [9.17, 15) is 18.3 Å². The Balaban J connectivity index is 1.75. The highest BCUT2D eigenvalue weighted by atomic mass is 32.1. The molecular formula is C16H15F3N4OS. The van der Waals surface area contributed by atoms with Crippen LogP contribution in [-0.4, -0.2) is 32.7 Å². The molecule has 1 N–H and O–H groups in total. The number of hydrogen-bond donors (Lipinski definition) is 1. The second-order valence-corrected chi connectivity index (χ2v) is 7.01. The Morgan fingerprint density at radius 2 is 2.00 bits per heavy atom. The summed E-state index contributed by atoms with van der Waals surface area (Å²) in [6.45, 7) is 0. The van der Waals surface area contributed by atoms with Gasteiger partial charge >= 0.3 is 6.18 Å². The number of nitrogens with zero attached hydrogens (tertiary/aromatic N) is 4. The standard InChI is InChI=1S/C16H15F3N4OS/c17-16(18,19)15(24)11-3-1-2-4-12(11)22-23(15)14-21-13(9-25-14)10-5-7-20-8-6-10/h5-9,11,24H,1-4H2/t11-,15+/m1/s1. The maximum absolute atomic E-state index is 13.8. The van der Waals surface area contributed by atoms with Crippen molar-refractivity contribution in [3.05, 3.63) is 29.9 Å². The van der Waals surface area contributed by atoms with Crippen LogP contribution in [0.25, 0.3) is 11.3 Å². The Kier molecular flexibility index (Phi) is 3.80. The average molecular weight is 368 g/mol. The first kappa shape index (κ1) is 16.5. The molecule has 0 radical (unpaired) electrons. The molecule has 2 aliphatic rings. The van der Waals surface area contributed by atoms with Crippen LogP contribution < -0.4 is 5.01 Å². The number of aromatic nitrogens is 2. The van der Waals surface area contributed by atoms with Gasteiger partial charge in [-0.1, -0.05) is 6.42 Å². The lowest BCUT2D eigenvalue weighted by Crippen LogP contribution is -2.60. The van der Waals surface area contributed by atoms with Crippen molar-refractivity contribution in [2.24, 2.45) is 11.0 Å². The number of anilines is 1. The summed E-state index contributed by atoms with van der Waals surface area (Å²) in [5, 5.41) is 17.1. The second kappa shape index (κ2) is 5.77. The molecule has 2 aromatic rings. The van der Waals surface area contributed by atoms with Crippen molar-refractivity contribution in [2.75, 3.05) is 5.01 Å². The molecule has 1 aliphatic heterocycles. The molecular weight excluding hydrogens is 353 g/mol. The maximum atomic E-state index is 13.8. The van der Waals surface area contributed by atoms with Gasteiger partial charge in [-0.15, -0.1) is 11.3 Å². The molecule has 9 heteroatoms. The minimum absolute atomic E-state index is 0.0357. The molecule has 1 saturated carbocycles. The van der Waals surface area contributed by atoms with Crippen LogP contribution in [0.2, 0.25) is 0 Å². The monoisotopic (exact) mass is 368 g/mol. The van der Waals surface area contributed by atoms with E-state index in [1.54, 1.807) is 29.9 Å². The Labute approximate surface area is 145 Å². The number of halogens is 3. The fraction of sp³-hybridized carbons (Fsp3) is 0.438. The van der Waals surface area contributed by atoms with Gasteiger partial charge in [-0.05, 0) is 31.4 Å². The fourth-order valence-electron chi connectivity index (χ4n) is 3.42. The number of thiazole rings is 1. The smallest absolute Gasteiger partial charge is 0.362 e. The summed E-state index contributed by atoms with van der Waals surface area (Å²) in [7, 11) is 0. The number of rotatable bonds is 2. The summed E-state index contributed by atoms with van der Waals surface area (Å²) in [5.41, 5.74) is -1.35. The van der Waals surface area contributed by atoms with Crippen LogP contribution in [0.5, 0.6) is 0 Å². The van der Waals surface area contributed by atoms with E-state index in [-0.39, 0.29) is 11.6 Å². The molecule has 0 unspecified atom stereocenters. The van der Waals surface area contributed by atoms with Crippen molar-refractivity contribution in [1.82, 2.24) is 9.97 Å². The molecule has 0 amide bonds. The van der Waals surface area contributed by atoms with Crippen molar-refractivity contribution in [3.63, 3.8) is 0 Å². The predicted octanol–water partition coefficient (Wildman–Crippen LogP) is 3.82. The Bertz CT molecular complexity index is 807. The molecule has 4 rings (SSSR count). The van der Waals surface area contributed by atoms with E-state index in [4.69, 9.17) is 0 Å². The highest BCUT2D eigenvalue weighted by Crippen LogP contribution is 2.50. The van der Waals surface area contributed by atoms with Crippen LogP contribution in [0.1, 0.15) is 25.7 Å². The lowest BCUT2D eigenvalue weighted by molar-refractivity contribution is -0.269. The van der Waals surface area contributed by atoms with Crippen LogP contribution in [0.15, 0.2) is 35.0 Å². The van der Waals surface area contributed by atoms with Gasteiger partial charge in [0.1, 0.15) is 0 Å². The maximum Gasteiger partial charge on any atom is 0.439 e.